The normalized spacial score (nSPS) is 10.6. The number of ether oxygens (including phenoxy) is 2. The maximum absolute atomic E-state index is 11.1. The second kappa shape index (κ2) is 9.14. The zero-order valence-corrected chi connectivity index (χ0v) is 11.8. The molecule has 0 atom stereocenters. The van der Waals surface area contributed by atoms with E-state index in [0.717, 1.165) is 37.6 Å². The van der Waals surface area contributed by atoms with Gasteiger partial charge in [-0.15, -0.1) is 11.8 Å². The van der Waals surface area contributed by atoms with Crippen LogP contribution in [0.25, 0.3) is 0 Å². The van der Waals surface area contributed by atoms with Crippen molar-refractivity contribution in [3.05, 3.63) is 29.8 Å². The van der Waals surface area contributed by atoms with Crippen LogP contribution < -0.4 is 0 Å². The van der Waals surface area contributed by atoms with Crippen molar-refractivity contribution >= 4 is 17.5 Å². The molecule has 0 saturated heterocycles. The van der Waals surface area contributed by atoms with Crippen LogP contribution in [0.3, 0.4) is 0 Å². The molecule has 0 spiro atoms. The second-order valence-corrected chi connectivity index (χ2v) is 5.06. The van der Waals surface area contributed by atoms with E-state index in [1.165, 1.54) is 4.90 Å². The maximum atomic E-state index is 11.1. The van der Waals surface area contributed by atoms with Crippen molar-refractivity contribution in [1.82, 2.24) is 0 Å². The highest BCUT2D eigenvalue weighted by Gasteiger charge is 1.99. The molecule has 4 heteroatoms. The Morgan fingerprint density at radius 3 is 2.50 bits per heavy atom. The monoisotopic (exact) mass is 268 g/mol. The Morgan fingerprint density at radius 1 is 1.17 bits per heavy atom. The molecule has 0 N–H and O–H groups in total. The molecule has 0 saturated carbocycles. The average Bonchev–Trinajstić information content (AvgIpc) is 2.38. The second-order valence-electron chi connectivity index (χ2n) is 3.89. The van der Waals surface area contributed by atoms with Gasteiger partial charge in [-0.3, -0.25) is 4.79 Å². The molecule has 0 aliphatic rings. The van der Waals surface area contributed by atoms with Crippen LogP contribution in [0.15, 0.2) is 29.2 Å². The number of Topliss-reactive ketones (excluding diaryl/α,β-unsaturated/α-hetero) is 1. The van der Waals surface area contributed by atoms with Crippen LogP contribution in [-0.2, 0) is 9.47 Å². The van der Waals surface area contributed by atoms with Crippen LogP contribution >= 0.6 is 11.8 Å². The number of rotatable bonds is 9. The number of carbonyl (C=O) groups is 1. The number of benzene rings is 1. The van der Waals surface area contributed by atoms with Crippen molar-refractivity contribution in [2.75, 3.05) is 32.7 Å². The fraction of sp³-hybridized carbons (Fsp3) is 0.500. The summed E-state index contributed by atoms with van der Waals surface area (Å²) < 4.78 is 10.4. The van der Waals surface area contributed by atoms with Crippen molar-refractivity contribution in [3.8, 4) is 0 Å². The van der Waals surface area contributed by atoms with Gasteiger partial charge in [-0.05, 0) is 25.5 Å². The molecule has 0 heterocycles. The van der Waals surface area contributed by atoms with E-state index in [-0.39, 0.29) is 5.78 Å². The van der Waals surface area contributed by atoms with Gasteiger partial charge in [0, 0.05) is 36.5 Å². The van der Waals surface area contributed by atoms with E-state index < -0.39 is 0 Å². The lowest BCUT2D eigenvalue weighted by molar-refractivity contribution is 0.101. The summed E-state index contributed by atoms with van der Waals surface area (Å²) in [6, 6.07) is 7.69. The van der Waals surface area contributed by atoms with Crippen molar-refractivity contribution < 1.29 is 14.3 Å². The molecule has 0 aliphatic heterocycles. The van der Waals surface area contributed by atoms with Gasteiger partial charge in [0.15, 0.2) is 5.78 Å². The van der Waals surface area contributed by atoms with Gasteiger partial charge in [0.1, 0.15) is 0 Å². The van der Waals surface area contributed by atoms with E-state index in [0.29, 0.717) is 0 Å². The predicted octanol–water partition coefficient (Wildman–Crippen LogP) is 3.03. The molecular weight excluding hydrogens is 248 g/mol. The van der Waals surface area contributed by atoms with Gasteiger partial charge < -0.3 is 9.47 Å². The van der Waals surface area contributed by atoms with E-state index in [1.807, 2.05) is 24.3 Å². The van der Waals surface area contributed by atoms with E-state index >= 15 is 0 Å². The topological polar surface area (TPSA) is 35.5 Å². The predicted molar refractivity (Wildman–Crippen MR) is 74.5 cm³/mol. The number of hydrogen-bond acceptors (Lipinski definition) is 4. The number of hydrogen-bond donors (Lipinski definition) is 0. The Balaban J connectivity index is 2.14. The van der Waals surface area contributed by atoms with Crippen LogP contribution in [0, 0.1) is 0 Å². The minimum Gasteiger partial charge on any atom is -0.385 e. The standard InChI is InChI=1S/C14H20O3S/c1-12(15)13-4-6-14(7-5-13)18-11-10-17-9-3-8-16-2/h4-7H,3,8-11H2,1-2H3. The van der Waals surface area contributed by atoms with Crippen LogP contribution in [0.5, 0.6) is 0 Å². The summed E-state index contributed by atoms with van der Waals surface area (Å²) in [4.78, 5) is 12.3. The highest BCUT2D eigenvalue weighted by molar-refractivity contribution is 7.99. The molecule has 18 heavy (non-hydrogen) atoms. The minimum atomic E-state index is 0.105. The molecule has 3 nitrogen and oxygen atoms in total. The van der Waals surface area contributed by atoms with Gasteiger partial charge in [-0.1, -0.05) is 12.1 Å². The Labute approximate surface area is 113 Å². The van der Waals surface area contributed by atoms with E-state index in [1.54, 1.807) is 25.8 Å². The first-order valence-corrected chi connectivity index (χ1v) is 7.03. The molecule has 0 amide bonds. The lowest BCUT2D eigenvalue weighted by Crippen LogP contribution is -2.02. The molecule has 0 bridgehead atoms. The number of carbonyl (C=O) groups excluding carboxylic acids is 1. The summed E-state index contributed by atoms with van der Waals surface area (Å²) >= 11 is 1.74. The summed E-state index contributed by atoms with van der Waals surface area (Å²) in [6.45, 7) is 3.82. The third-order valence-corrected chi connectivity index (χ3v) is 3.37. The lowest BCUT2D eigenvalue weighted by atomic mass is 10.2. The summed E-state index contributed by atoms with van der Waals surface area (Å²) in [7, 11) is 1.69. The number of thioether (sulfide) groups is 1. The molecule has 0 radical (unpaired) electrons. The molecule has 0 unspecified atom stereocenters. The fourth-order valence-corrected chi connectivity index (χ4v) is 2.18. The molecule has 0 fully saturated rings. The fourth-order valence-electron chi connectivity index (χ4n) is 1.41. The average molecular weight is 268 g/mol. The van der Waals surface area contributed by atoms with Crippen LogP contribution in [0.2, 0.25) is 0 Å². The SMILES string of the molecule is COCCCOCCSc1ccc(C(C)=O)cc1. The third kappa shape index (κ3) is 6.19. The van der Waals surface area contributed by atoms with Gasteiger partial charge in [-0.2, -0.15) is 0 Å². The van der Waals surface area contributed by atoms with Crippen molar-refractivity contribution in [2.24, 2.45) is 0 Å². The van der Waals surface area contributed by atoms with Gasteiger partial charge in [0.25, 0.3) is 0 Å². The van der Waals surface area contributed by atoms with Crippen molar-refractivity contribution in [2.45, 2.75) is 18.2 Å². The summed E-state index contributed by atoms with van der Waals surface area (Å²) in [5.41, 5.74) is 0.759. The molecule has 1 aromatic carbocycles. The Bertz CT molecular complexity index is 349. The third-order valence-electron chi connectivity index (χ3n) is 2.39. The maximum Gasteiger partial charge on any atom is 0.159 e. The first-order chi connectivity index (χ1) is 8.74. The number of methoxy groups -OCH3 is 1. The molecule has 0 aromatic heterocycles. The smallest absolute Gasteiger partial charge is 0.159 e. The quantitative estimate of drug-likeness (QED) is 0.392. The molecular formula is C14H20O3S. The van der Waals surface area contributed by atoms with Crippen molar-refractivity contribution in [1.29, 1.82) is 0 Å². The Hall–Kier alpha value is -0.840. The highest BCUT2D eigenvalue weighted by Crippen LogP contribution is 2.18. The van der Waals surface area contributed by atoms with E-state index in [4.69, 9.17) is 9.47 Å². The first kappa shape index (κ1) is 15.2. The zero-order chi connectivity index (χ0) is 13.2. The van der Waals surface area contributed by atoms with Crippen LogP contribution in [0.4, 0.5) is 0 Å². The Morgan fingerprint density at radius 2 is 1.89 bits per heavy atom. The summed E-state index contributed by atoms with van der Waals surface area (Å²) in [5, 5.41) is 0. The van der Waals surface area contributed by atoms with Crippen LogP contribution in [0.1, 0.15) is 23.7 Å². The Kier molecular flexibility index (Phi) is 7.73. The number of ketones is 1. The van der Waals surface area contributed by atoms with Gasteiger partial charge >= 0.3 is 0 Å². The lowest BCUT2D eigenvalue weighted by Gasteiger charge is -2.04. The van der Waals surface area contributed by atoms with Crippen LogP contribution in [-0.4, -0.2) is 38.5 Å². The van der Waals surface area contributed by atoms with Gasteiger partial charge in [-0.25, -0.2) is 0 Å². The summed E-state index contributed by atoms with van der Waals surface area (Å²) in [6.07, 6.45) is 0.939. The highest BCUT2D eigenvalue weighted by atomic mass is 32.2. The largest absolute Gasteiger partial charge is 0.385 e. The van der Waals surface area contributed by atoms with E-state index in [2.05, 4.69) is 0 Å². The minimum absolute atomic E-state index is 0.105. The van der Waals surface area contributed by atoms with Gasteiger partial charge in [0.05, 0.1) is 6.61 Å². The van der Waals surface area contributed by atoms with Crippen molar-refractivity contribution in [3.63, 3.8) is 0 Å². The molecule has 0 aliphatic carbocycles. The van der Waals surface area contributed by atoms with E-state index in [9.17, 15) is 4.79 Å². The first-order valence-electron chi connectivity index (χ1n) is 6.04. The summed E-state index contributed by atoms with van der Waals surface area (Å²) in [5.74, 6) is 1.03. The van der Waals surface area contributed by atoms with Gasteiger partial charge in [0.2, 0.25) is 0 Å². The molecule has 1 aromatic rings. The molecule has 1 rings (SSSR count). The zero-order valence-electron chi connectivity index (χ0n) is 11.0. The molecule has 100 valence electrons.